The van der Waals surface area contributed by atoms with Crippen molar-refractivity contribution in [3.63, 3.8) is 0 Å². The second-order valence-corrected chi connectivity index (χ2v) is 8.32. The first-order valence-electron chi connectivity index (χ1n) is 11.6. The third kappa shape index (κ3) is 5.88. The summed E-state index contributed by atoms with van der Waals surface area (Å²) in [5.74, 6) is 0.935. The van der Waals surface area contributed by atoms with E-state index in [1.165, 1.54) is 12.1 Å². The van der Waals surface area contributed by atoms with Crippen LogP contribution < -0.4 is 20.4 Å². The number of ether oxygens (including phenoxy) is 1. The zero-order valence-electron chi connectivity index (χ0n) is 19.9. The zero-order valence-corrected chi connectivity index (χ0v) is 19.9. The number of amides is 1. The molecule has 10 heteroatoms. The van der Waals surface area contributed by atoms with Gasteiger partial charge in [-0.2, -0.15) is 13.2 Å². The van der Waals surface area contributed by atoms with Gasteiger partial charge in [0.25, 0.3) is 5.91 Å². The Kier molecular flexibility index (Phi) is 7.64. The molecule has 0 saturated carbocycles. The number of rotatable bonds is 8. The van der Waals surface area contributed by atoms with E-state index in [0.29, 0.717) is 43.4 Å². The standard InChI is InChI=1S/C26H27F3N4O3/c1-3-36-32-25(34)20-8-6-19(7-9-20)17(2)31-24-23-22(12-13-30-24)35-15-14-33(23)16-18-4-10-21(11-5-18)26(27,28)29/h4-13,17H,3,14-16H2,1-2H3,(H,30,31)(H,32,34)/t17-/m0/s1. The predicted octanol–water partition coefficient (Wildman–Crippen LogP) is 5.35. The van der Waals surface area contributed by atoms with Gasteiger partial charge in [-0.25, -0.2) is 10.5 Å². The molecule has 1 aromatic heterocycles. The van der Waals surface area contributed by atoms with E-state index in [1.807, 2.05) is 24.0 Å². The van der Waals surface area contributed by atoms with E-state index in [1.54, 1.807) is 31.3 Å². The summed E-state index contributed by atoms with van der Waals surface area (Å²) in [4.78, 5) is 23.6. The number of benzene rings is 2. The SMILES string of the molecule is CCONC(=O)c1ccc([C@H](C)Nc2nccc3c2N(Cc2ccc(C(F)(F)F)cc2)CCO3)cc1. The summed E-state index contributed by atoms with van der Waals surface area (Å²) >= 11 is 0. The van der Waals surface area contributed by atoms with E-state index in [9.17, 15) is 18.0 Å². The molecule has 2 N–H and O–H groups in total. The van der Waals surface area contributed by atoms with Gasteiger partial charge in [0.1, 0.15) is 18.0 Å². The molecule has 0 bridgehead atoms. The van der Waals surface area contributed by atoms with Crippen LogP contribution in [0.1, 0.15) is 46.9 Å². The van der Waals surface area contributed by atoms with E-state index in [2.05, 4.69) is 15.8 Å². The second kappa shape index (κ2) is 10.9. The van der Waals surface area contributed by atoms with Crippen LogP contribution in [0.4, 0.5) is 24.7 Å². The minimum Gasteiger partial charge on any atom is -0.489 e. The number of anilines is 2. The molecule has 0 fully saturated rings. The summed E-state index contributed by atoms with van der Waals surface area (Å²) in [6.07, 6.45) is -2.72. The van der Waals surface area contributed by atoms with Crippen molar-refractivity contribution >= 4 is 17.4 Å². The molecule has 4 rings (SSSR count). The molecular formula is C26H27F3N4O3. The molecule has 0 spiro atoms. The van der Waals surface area contributed by atoms with Gasteiger partial charge in [-0.3, -0.25) is 9.63 Å². The lowest BCUT2D eigenvalue weighted by Gasteiger charge is -2.33. The average Bonchev–Trinajstić information content (AvgIpc) is 2.87. The van der Waals surface area contributed by atoms with E-state index < -0.39 is 11.7 Å². The number of nitrogens with one attached hydrogen (secondary N) is 2. The largest absolute Gasteiger partial charge is 0.489 e. The van der Waals surface area contributed by atoms with Crippen molar-refractivity contribution < 1.29 is 27.5 Å². The summed E-state index contributed by atoms with van der Waals surface area (Å²) in [5.41, 5.74) is 4.61. The lowest BCUT2D eigenvalue weighted by molar-refractivity contribution is -0.137. The number of hydrogen-bond acceptors (Lipinski definition) is 6. The lowest BCUT2D eigenvalue weighted by atomic mass is 10.1. The molecule has 2 heterocycles. The van der Waals surface area contributed by atoms with Gasteiger partial charge in [0.15, 0.2) is 5.82 Å². The van der Waals surface area contributed by atoms with Gasteiger partial charge in [-0.05, 0) is 49.2 Å². The number of pyridine rings is 1. The number of fused-ring (bicyclic) bond motifs is 1. The van der Waals surface area contributed by atoms with Crippen molar-refractivity contribution in [2.75, 3.05) is 30.0 Å². The number of aromatic nitrogens is 1. The molecule has 0 unspecified atom stereocenters. The fourth-order valence-corrected chi connectivity index (χ4v) is 3.93. The summed E-state index contributed by atoms with van der Waals surface area (Å²) in [6, 6.07) is 13.9. The molecule has 7 nitrogen and oxygen atoms in total. The van der Waals surface area contributed by atoms with Gasteiger partial charge in [0, 0.05) is 24.4 Å². The highest BCUT2D eigenvalue weighted by Gasteiger charge is 2.30. The molecule has 0 aliphatic carbocycles. The van der Waals surface area contributed by atoms with E-state index >= 15 is 0 Å². The van der Waals surface area contributed by atoms with Crippen LogP contribution in [0.25, 0.3) is 0 Å². The highest BCUT2D eigenvalue weighted by atomic mass is 19.4. The molecule has 1 atom stereocenters. The lowest BCUT2D eigenvalue weighted by Crippen LogP contribution is -2.33. The topological polar surface area (TPSA) is 75.7 Å². The Bertz CT molecular complexity index is 1180. The van der Waals surface area contributed by atoms with Crippen molar-refractivity contribution in [2.24, 2.45) is 0 Å². The zero-order chi connectivity index (χ0) is 25.7. The summed E-state index contributed by atoms with van der Waals surface area (Å²) in [5, 5.41) is 3.41. The molecule has 3 aromatic rings. The van der Waals surface area contributed by atoms with Crippen LogP contribution in [0.3, 0.4) is 0 Å². The van der Waals surface area contributed by atoms with Crippen LogP contribution in [-0.4, -0.2) is 30.6 Å². The van der Waals surface area contributed by atoms with Crippen LogP contribution >= 0.6 is 0 Å². The van der Waals surface area contributed by atoms with Crippen LogP contribution in [-0.2, 0) is 17.6 Å². The van der Waals surface area contributed by atoms with Crippen LogP contribution in [0, 0.1) is 0 Å². The molecule has 1 amide bonds. The monoisotopic (exact) mass is 500 g/mol. The molecule has 0 saturated heterocycles. The van der Waals surface area contributed by atoms with Crippen molar-refractivity contribution in [3.8, 4) is 5.75 Å². The summed E-state index contributed by atoms with van der Waals surface area (Å²) < 4.78 is 44.6. The highest BCUT2D eigenvalue weighted by Crippen LogP contribution is 2.39. The number of alkyl halides is 3. The van der Waals surface area contributed by atoms with Gasteiger partial charge >= 0.3 is 6.18 Å². The van der Waals surface area contributed by atoms with Crippen molar-refractivity contribution in [1.82, 2.24) is 10.5 Å². The smallest absolute Gasteiger partial charge is 0.416 e. The predicted molar refractivity (Wildman–Crippen MR) is 130 cm³/mol. The number of hydroxylamine groups is 1. The Labute approximate surface area is 207 Å². The molecular weight excluding hydrogens is 473 g/mol. The Morgan fingerprint density at radius 1 is 1.14 bits per heavy atom. The normalized spacial score (nSPS) is 14.0. The van der Waals surface area contributed by atoms with Gasteiger partial charge < -0.3 is 15.0 Å². The third-order valence-corrected chi connectivity index (χ3v) is 5.81. The van der Waals surface area contributed by atoms with Gasteiger partial charge in [0.05, 0.1) is 24.8 Å². The van der Waals surface area contributed by atoms with E-state index in [0.717, 1.165) is 28.9 Å². The molecule has 36 heavy (non-hydrogen) atoms. The van der Waals surface area contributed by atoms with Gasteiger partial charge in [0.2, 0.25) is 0 Å². The van der Waals surface area contributed by atoms with E-state index in [4.69, 9.17) is 9.57 Å². The molecule has 1 aliphatic heterocycles. The molecule has 0 radical (unpaired) electrons. The average molecular weight is 501 g/mol. The Balaban J connectivity index is 1.51. The van der Waals surface area contributed by atoms with E-state index in [-0.39, 0.29) is 11.9 Å². The first kappa shape index (κ1) is 25.3. The van der Waals surface area contributed by atoms with Crippen molar-refractivity contribution in [3.05, 3.63) is 83.0 Å². The minimum atomic E-state index is -4.37. The molecule has 2 aromatic carbocycles. The molecule has 1 aliphatic rings. The number of nitrogens with zero attached hydrogens (tertiary/aromatic N) is 2. The maximum Gasteiger partial charge on any atom is 0.416 e. The number of carbonyl (C=O) groups is 1. The highest BCUT2D eigenvalue weighted by molar-refractivity contribution is 5.93. The second-order valence-electron chi connectivity index (χ2n) is 8.32. The van der Waals surface area contributed by atoms with Crippen LogP contribution in [0.2, 0.25) is 0 Å². The maximum atomic E-state index is 12.9. The fraction of sp³-hybridized carbons (Fsp3) is 0.308. The quantitative estimate of drug-likeness (QED) is 0.406. The minimum absolute atomic E-state index is 0.150. The molecule has 190 valence electrons. The van der Waals surface area contributed by atoms with Crippen LogP contribution in [0.5, 0.6) is 5.75 Å². The Morgan fingerprint density at radius 2 is 1.86 bits per heavy atom. The van der Waals surface area contributed by atoms with Gasteiger partial charge in [-0.15, -0.1) is 0 Å². The third-order valence-electron chi connectivity index (χ3n) is 5.81. The first-order valence-corrected chi connectivity index (χ1v) is 11.6. The maximum absolute atomic E-state index is 12.9. The van der Waals surface area contributed by atoms with Crippen molar-refractivity contribution in [1.29, 1.82) is 0 Å². The van der Waals surface area contributed by atoms with Crippen molar-refractivity contribution in [2.45, 2.75) is 32.6 Å². The summed E-state index contributed by atoms with van der Waals surface area (Å²) in [6.45, 7) is 5.55. The summed E-state index contributed by atoms with van der Waals surface area (Å²) in [7, 11) is 0. The Morgan fingerprint density at radius 3 is 2.53 bits per heavy atom. The number of carbonyl (C=O) groups excluding carboxylic acids is 1. The first-order chi connectivity index (χ1) is 17.3. The fourth-order valence-electron chi connectivity index (χ4n) is 3.93. The van der Waals surface area contributed by atoms with Gasteiger partial charge in [-0.1, -0.05) is 24.3 Å². The number of hydrogen-bond donors (Lipinski definition) is 2. The Hall–Kier alpha value is -3.79. The number of halogens is 3. The van der Waals surface area contributed by atoms with Crippen LogP contribution in [0.15, 0.2) is 60.8 Å².